The molecule has 0 aromatic heterocycles. The van der Waals surface area contributed by atoms with Crippen LogP contribution in [0.15, 0.2) is 71.6 Å². The van der Waals surface area contributed by atoms with E-state index in [1.165, 1.54) is 13.1 Å². The van der Waals surface area contributed by atoms with Crippen LogP contribution in [0.3, 0.4) is 0 Å². The Kier molecular flexibility index (Phi) is 6.87. The van der Waals surface area contributed by atoms with Crippen molar-refractivity contribution in [3.63, 3.8) is 0 Å². The van der Waals surface area contributed by atoms with Gasteiger partial charge in [0.25, 0.3) is 21.9 Å². The molecule has 0 atom stereocenters. The first-order chi connectivity index (χ1) is 15.2. The lowest BCUT2D eigenvalue weighted by Gasteiger charge is -2.07. The molecule has 2 amide bonds. The molecule has 0 spiro atoms. The van der Waals surface area contributed by atoms with E-state index in [0.717, 1.165) is 11.1 Å². The largest absolute Gasteiger partial charge is 0.355 e. The summed E-state index contributed by atoms with van der Waals surface area (Å²) in [6.07, 6.45) is 3.31. The number of hydrogen-bond donors (Lipinski definition) is 3. The second-order valence-electron chi connectivity index (χ2n) is 7.08. The zero-order valence-electron chi connectivity index (χ0n) is 17.5. The van der Waals surface area contributed by atoms with E-state index >= 15 is 0 Å². The van der Waals surface area contributed by atoms with E-state index < -0.39 is 10.1 Å². The molecule has 164 valence electrons. The smallest absolute Gasteiger partial charge is 0.295 e. The fraction of sp³-hybridized carbons (Fsp3) is 0.0833. The van der Waals surface area contributed by atoms with Crippen molar-refractivity contribution in [1.82, 2.24) is 5.32 Å². The Balaban J connectivity index is 1.71. The Hall–Kier alpha value is -3.75. The summed E-state index contributed by atoms with van der Waals surface area (Å²) in [5.41, 5.74) is 3.33. The molecule has 0 aliphatic heterocycles. The van der Waals surface area contributed by atoms with E-state index in [4.69, 9.17) is 0 Å². The van der Waals surface area contributed by atoms with Gasteiger partial charge in [0.05, 0.1) is 0 Å². The number of nitrogens with one attached hydrogen (secondary N) is 2. The number of carbonyl (C=O) groups excluding carboxylic acids is 2. The zero-order chi connectivity index (χ0) is 23.3. The minimum atomic E-state index is -4.34. The molecular formula is C24H22N2O5S. The lowest BCUT2D eigenvalue weighted by molar-refractivity contribution is 0.0961. The third-order valence-corrected chi connectivity index (χ3v) is 5.62. The Morgan fingerprint density at radius 2 is 1.44 bits per heavy atom. The molecule has 0 aliphatic carbocycles. The van der Waals surface area contributed by atoms with E-state index in [9.17, 15) is 22.6 Å². The van der Waals surface area contributed by atoms with Crippen molar-refractivity contribution in [2.45, 2.75) is 11.8 Å². The predicted molar refractivity (Wildman–Crippen MR) is 124 cm³/mol. The summed E-state index contributed by atoms with van der Waals surface area (Å²) in [6, 6.07) is 18.1. The second-order valence-corrected chi connectivity index (χ2v) is 8.47. The lowest BCUT2D eigenvalue weighted by atomic mass is 10.1. The van der Waals surface area contributed by atoms with Gasteiger partial charge in [-0.25, -0.2) is 0 Å². The first-order valence-corrected chi connectivity index (χ1v) is 11.1. The van der Waals surface area contributed by atoms with E-state index in [0.29, 0.717) is 22.4 Å². The molecule has 0 saturated heterocycles. The van der Waals surface area contributed by atoms with Gasteiger partial charge in [-0.3, -0.25) is 14.1 Å². The van der Waals surface area contributed by atoms with Crippen LogP contribution in [0.5, 0.6) is 0 Å². The predicted octanol–water partition coefficient (Wildman–Crippen LogP) is 4.02. The Morgan fingerprint density at radius 3 is 2.00 bits per heavy atom. The van der Waals surface area contributed by atoms with Gasteiger partial charge in [0.15, 0.2) is 0 Å². The normalized spacial score (nSPS) is 11.3. The van der Waals surface area contributed by atoms with Gasteiger partial charge >= 0.3 is 0 Å². The molecule has 0 bridgehead atoms. The van der Waals surface area contributed by atoms with Crippen LogP contribution in [0.2, 0.25) is 0 Å². The third-order valence-electron chi connectivity index (χ3n) is 4.71. The molecule has 3 rings (SSSR count). The summed E-state index contributed by atoms with van der Waals surface area (Å²) in [7, 11) is -2.80. The van der Waals surface area contributed by atoms with Crippen LogP contribution in [0, 0.1) is 6.92 Å². The van der Waals surface area contributed by atoms with Gasteiger partial charge in [-0.2, -0.15) is 8.42 Å². The highest BCUT2D eigenvalue weighted by molar-refractivity contribution is 7.86. The number of anilines is 1. The molecule has 0 heterocycles. The van der Waals surface area contributed by atoms with Crippen molar-refractivity contribution >= 4 is 39.8 Å². The minimum absolute atomic E-state index is 0.153. The number of hydrogen-bond acceptors (Lipinski definition) is 4. The maximum atomic E-state index is 12.4. The number of rotatable bonds is 6. The van der Waals surface area contributed by atoms with Gasteiger partial charge in [-0.1, -0.05) is 36.4 Å². The fourth-order valence-electron chi connectivity index (χ4n) is 2.99. The van der Waals surface area contributed by atoms with Gasteiger partial charge in [-0.05, 0) is 66.1 Å². The first kappa shape index (κ1) is 22.9. The maximum Gasteiger partial charge on any atom is 0.295 e. The quantitative estimate of drug-likeness (QED) is 0.388. The molecule has 3 N–H and O–H groups in total. The SMILES string of the molecule is CNC(=O)c1ccc(C(=O)Nc2ccc(/C=C/c3ccc(C)cc3S(=O)(=O)O)cc2)cc1. The summed E-state index contributed by atoms with van der Waals surface area (Å²) < 4.78 is 32.7. The van der Waals surface area contributed by atoms with Crippen molar-refractivity contribution in [2.24, 2.45) is 0 Å². The first-order valence-electron chi connectivity index (χ1n) is 9.67. The topological polar surface area (TPSA) is 113 Å². The molecule has 0 radical (unpaired) electrons. The van der Waals surface area contributed by atoms with Crippen LogP contribution in [0.1, 0.15) is 37.4 Å². The standard InChI is InChI=1S/C24H22N2O5S/c1-16-3-7-18(22(15-16)32(29,30)31)8-4-17-5-13-21(14-6-17)26-24(28)20-11-9-19(10-12-20)23(27)25-2/h3-15H,1-2H3,(H,25,27)(H,26,28)(H,29,30,31)/b8-4+. The highest BCUT2D eigenvalue weighted by atomic mass is 32.2. The third kappa shape index (κ3) is 5.69. The van der Waals surface area contributed by atoms with Crippen LogP contribution in [0.25, 0.3) is 12.2 Å². The molecular weight excluding hydrogens is 428 g/mol. The van der Waals surface area contributed by atoms with Crippen molar-refractivity contribution in [3.8, 4) is 0 Å². The molecule has 8 heteroatoms. The molecule has 0 fully saturated rings. The van der Waals surface area contributed by atoms with E-state index in [1.54, 1.807) is 79.7 Å². The van der Waals surface area contributed by atoms with E-state index in [-0.39, 0.29) is 16.7 Å². The summed E-state index contributed by atoms with van der Waals surface area (Å²) in [5, 5.41) is 5.30. The highest BCUT2D eigenvalue weighted by Gasteiger charge is 2.14. The number of amides is 2. The highest BCUT2D eigenvalue weighted by Crippen LogP contribution is 2.21. The van der Waals surface area contributed by atoms with Crippen LogP contribution < -0.4 is 10.6 Å². The van der Waals surface area contributed by atoms with Gasteiger partial charge in [-0.15, -0.1) is 0 Å². The van der Waals surface area contributed by atoms with Crippen molar-refractivity contribution in [2.75, 3.05) is 12.4 Å². The Morgan fingerprint density at radius 1 is 0.844 bits per heavy atom. The zero-order valence-corrected chi connectivity index (χ0v) is 18.3. The van der Waals surface area contributed by atoms with Crippen molar-refractivity contribution in [1.29, 1.82) is 0 Å². The molecule has 3 aromatic carbocycles. The van der Waals surface area contributed by atoms with Gasteiger partial charge < -0.3 is 10.6 Å². The summed E-state index contributed by atoms with van der Waals surface area (Å²) in [5.74, 6) is -0.538. The van der Waals surface area contributed by atoms with E-state index in [2.05, 4.69) is 10.6 Å². The number of carbonyl (C=O) groups is 2. The maximum absolute atomic E-state index is 12.4. The summed E-state index contributed by atoms with van der Waals surface area (Å²) in [6.45, 7) is 1.74. The fourth-order valence-corrected chi connectivity index (χ4v) is 3.76. The molecule has 3 aromatic rings. The van der Waals surface area contributed by atoms with E-state index in [1.807, 2.05) is 0 Å². The Bertz CT molecular complexity index is 1280. The van der Waals surface area contributed by atoms with Gasteiger partial charge in [0, 0.05) is 23.9 Å². The molecule has 0 saturated carbocycles. The molecule has 32 heavy (non-hydrogen) atoms. The average molecular weight is 451 g/mol. The minimum Gasteiger partial charge on any atom is -0.355 e. The van der Waals surface area contributed by atoms with Crippen LogP contribution in [-0.4, -0.2) is 31.8 Å². The van der Waals surface area contributed by atoms with Crippen LogP contribution in [0.4, 0.5) is 5.69 Å². The molecule has 7 nitrogen and oxygen atoms in total. The molecule has 0 unspecified atom stereocenters. The second kappa shape index (κ2) is 9.59. The average Bonchev–Trinajstić information content (AvgIpc) is 2.78. The Labute approximate surface area is 186 Å². The molecule has 0 aliphatic rings. The van der Waals surface area contributed by atoms with Gasteiger partial charge in [0.2, 0.25) is 0 Å². The monoisotopic (exact) mass is 450 g/mol. The number of benzene rings is 3. The van der Waals surface area contributed by atoms with Gasteiger partial charge in [0.1, 0.15) is 4.90 Å². The van der Waals surface area contributed by atoms with Crippen molar-refractivity contribution < 1.29 is 22.6 Å². The lowest BCUT2D eigenvalue weighted by Crippen LogP contribution is -2.18. The summed E-state index contributed by atoms with van der Waals surface area (Å²) >= 11 is 0. The van der Waals surface area contributed by atoms with Crippen molar-refractivity contribution in [3.05, 3.63) is 94.5 Å². The van der Waals surface area contributed by atoms with Crippen LogP contribution in [-0.2, 0) is 10.1 Å². The summed E-state index contributed by atoms with van der Waals surface area (Å²) in [4.78, 5) is 23.8. The van der Waals surface area contributed by atoms with Crippen LogP contribution >= 0.6 is 0 Å². The number of aryl methyl sites for hydroxylation is 1.